The molecular weight excluding hydrogens is 544 g/mol. The number of benzene rings is 3. The third-order valence-electron chi connectivity index (χ3n) is 8.53. The Morgan fingerprint density at radius 3 is 2.09 bits per heavy atom. The van der Waals surface area contributed by atoms with Gasteiger partial charge in [0.25, 0.3) is 5.91 Å². The molecule has 0 radical (unpaired) electrons. The quantitative estimate of drug-likeness (QED) is 0.159. The summed E-state index contributed by atoms with van der Waals surface area (Å²) in [5.74, 6) is -0.115. The first kappa shape index (κ1) is 31.9. The fourth-order valence-corrected chi connectivity index (χ4v) is 4.79. The SMILES string of the molecule is CCC(C)(C)c1ccc(OCCCCNC(=O)c2cc(-c3ccc(F)cc3)nn2-c2ccc(F)cc2)c(C(C)(C)CC)c1. The largest absolute Gasteiger partial charge is 0.493 e. The molecule has 0 aliphatic rings. The molecule has 1 aromatic heterocycles. The number of halogens is 2. The van der Waals surface area contributed by atoms with Gasteiger partial charge in [-0.3, -0.25) is 4.79 Å². The summed E-state index contributed by atoms with van der Waals surface area (Å²) in [6, 6.07) is 19.9. The van der Waals surface area contributed by atoms with E-state index in [0.29, 0.717) is 35.8 Å². The van der Waals surface area contributed by atoms with Crippen molar-refractivity contribution < 1.29 is 18.3 Å². The number of amides is 1. The summed E-state index contributed by atoms with van der Waals surface area (Å²) in [7, 11) is 0. The van der Waals surface area contributed by atoms with Crippen molar-refractivity contribution in [3.8, 4) is 22.7 Å². The van der Waals surface area contributed by atoms with E-state index in [-0.39, 0.29) is 28.4 Å². The minimum absolute atomic E-state index is 0.0105. The first-order valence-electron chi connectivity index (χ1n) is 15.1. The number of hydrogen-bond acceptors (Lipinski definition) is 3. The topological polar surface area (TPSA) is 56.1 Å². The molecule has 43 heavy (non-hydrogen) atoms. The van der Waals surface area contributed by atoms with Crippen molar-refractivity contribution in [3.63, 3.8) is 0 Å². The molecule has 4 aromatic rings. The maximum atomic E-state index is 13.6. The molecular formula is C36H43F2N3O2. The molecule has 7 heteroatoms. The van der Waals surface area contributed by atoms with E-state index in [4.69, 9.17) is 4.74 Å². The normalized spacial score (nSPS) is 11.9. The van der Waals surface area contributed by atoms with Crippen LogP contribution in [0.15, 0.2) is 72.8 Å². The first-order chi connectivity index (χ1) is 20.4. The van der Waals surface area contributed by atoms with Crippen LogP contribution in [0.5, 0.6) is 5.75 Å². The van der Waals surface area contributed by atoms with Gasteiger partial charge in [0.05, 0.1) is 18.0 Å². The number of hydrogen-bond donors (Lipinski definition) is 1. The van der Waals surface area contributed by atoms with Crippen molar-refractivity contribution in [2.45, 2.75) is 78.1 Å². The van der Waals surface area contributed by atoms with Crippen LogP contribution in [-0.2, 0) is 10.8 Å². The average molecular weight is 588 g/mol. The van der Waals surface area contributed by atoms with E-state index in [1.807, 2.05) is 0 Å². The van der Waals surface area contributed by atoms with Gasteiger partial charge in [0.1, 0.15) is 23.1 Å². The summed E-state index contributed by atoms with van der Waals surface area (Å²) in [6.07, 6.45) is 3.56. The molecule has 228 valence electrons. The highest BCUT2D eigenvalue weighted by atomic mass is 19.1. The van der Waals surface area contributed by atoms with Crippen LogP contribution in [0.25, 0.3) is 16.9 Å². The summed E-state index contributed by atoms with van der Waals surface area (Å²) < 4.78 is 34.8. The summed E-state index contributed by atoms with van der Waals surface area (Å²) in [6.45, 7) is 14.5. The van der Waals surface area contributed by atoms with E-state index in [0.717, 1.165) is 31.4 Å². The van der Waals surface area contributed by atoms with Crippen LogP contribution < -0.4 is 10.1 Å². The number of nitrogens with one attached hydrogen (secondary N) is 1. The van der Waals surface area contributed by atoms with Crippen LogP contribution in [-0.4, -0.2) is 28.8 Å². The van der Waals surface area contributed by atoms with E-state index in [1.54, 1.807) is 30.3 Å². The van der Waals surface area contributed by atoms with Gasteiger partial charge in [-0.25, -0.2) is 13.5 Å². The molecule has 5 nitrogen and oxygen atoms in total. The number of nitrogens with zero attached hydrogens (tertiary/aromatic N) is 2. The Hall–Kier alpha value is -4.00. The lowest BCUT2D eigenvalue weighted by molar-refractivity contribution is 0.0944. The van der Waals surface area contributed by atoms with Crippen LogP contribution in [0.1, 0.15) is 88.8 Å². The number of aromatic nitrogens is 2. The van der Waals surface area contributed by atoms with Crippen molar-refractivity contribution in [2.75, 3.05) is 13.2 Å². The van der Waals surface area contributed by atoms with E-state index in [1.165, 1.54) is 40.1 Å². The Labute approximate surface area is 254 Å². The summed E-state index contributed by atoms with van der Waals surface area (Å²) in [5.41, 5.74) is 4.69. The number of unbranched alkanes of at least 4 members (excludes halogenated alkanes) is 1. The highest BCUT2D eigenvalue weighted by Gasteiger charge is 2.26. The van der Waals surface area contributed by atoms with Crippen molar-refractivity contribution >= 4 is 5.91 Å². The number of rotatable bonds is 13. The maximum absolute atomic E-state index is 13.6. The molecule has 0 aliphatic heterocycles. The van der Waals surface area contributed by atoms with Crippen molar-refractivity contribution in [1.82, 2.24) is 15.1 Å². The first-order valence-corrected chi connectivity index (χ1v) is 15.1. The number of carbonyl (C=O) groups is 1. The molecule has 1 N–H and O–H groups in total. The lowest BCUT2D eigenvalue weighted by Crippen LogP contribution is -2.27. The third-order valence-corrected chi connectivity index (χ3v) is 8.53. The lowest BCUT2D eigenvalue weighted by Gasteiger charge is -2.30. The van der Waals surface area contributed by atoms with Gasteiger partial charge in [-0.05, 0) is 103 Å². The van der Waals surface area contributed by atoms with Crippen LogP contribution in [0.2, 0.25) is 0 Å². The second-order valence-electron chi connectivity index (χ2n) is 12.3. The van der Waals surface area contributed by atoms with Crippen LogP contribution in [0.3, 0.4) is 0 Å². The van der Waals surface area contributed by atoms with Gasteiger partial charge < -0.3 is 10.1 Å². The molecule has 0 fully saturated rings. The maximum Gasteiger partial charge on any atom is 0.270 e. The molecule has 0 aliphatic carbocycles. The minimum Gasteiger partial charge on any atom is -0.493 e. The van der Waals surface area contributed by atoms with Crippen LogP contribution in [0.4, 0.5) is 8.78 Å². The van der Waals surface area contributed by atoms with Crippen molar-refractivity contribution in [1.29, 1.82) is 0 Å². The van der Waals surface area contributed by atoms with Gasteiger partial charge >= 0.3 is 0 Å². The Morgan fingerprint density at radius 1 is 0.837 bits per heavy atom. The standard InChI is InChI=1S/C36H43F2N3O2/c1-7-35(3,4)26-13-20-33(30(23-26)36(5,6)8-2)43-22-10-9-21-39-34(42)32-24-31(25-11-14-27(37)15-12-25)40-41(32)29-18-16-28(38)17-19-29/h11-20,23-24H,7-10,21-22H2,1-6H3,(H,39,42). The number of ether oxygens (including phenoxy) is 1. The molecule has 0 bridgehead atoms. The Morgan fingerprint density at radius 2 is 1.47 bits per heavy atom. The molecule has 3 aromatic carbocycles. The highest BCUT2D eigenvalue weighted by molar-refractivity contribution is 5.94. The second-order valence-corrected chi connectivity index (χ2v) is 12.3. The van der Waals surface area contributed by atoms with E-state index in [2.05, 4.69) is 70.2 Å². The Bertz CT molecular complexity index is 1520. The summed E-state index contributed by atoms with van der Waals surface area (Å²) in [4.78, 5) is 13.2. The van der Waals surface area contributed by atoms with E-state index in [9.17, 15) is 13.6 Å². The van der Waals surface area contributed by atoms with Crippen LogP contribution >= 0.6 is 0 Å². The predicted molar refractivity (Wildman–Crippen MR) is 169 cm³/mol. The van der Waals surface area contributed by atoms with Crippen molar-refractivity contribution in [2.24, 2.45) is 0 Å². The zero-order valence-corrected chi connectivity index (χ0v) is 26.1. The monoisotopic (exact) mass is 587 g/mol. The molecule has 0 saturated carbocycles. The summed E-state index contributed by atoms with van der Waals surface area (Å²) in [5, 5.41) is 7.55. The highest BCUT2D eigenvalue weighted by Crippen LogP contribution is 2.38. The second kappa shape index (κ2) is 13.5. The average Bonchev–Trinajstić information content (AvgIpc) is 3.45. The van der Waals surface area contributed by atoms with Gasteiger partial charge in [0.2, 0.25) is 0 Å². The molecule has 0 spiro atoms. The van der Waals surface area contributed by atoms with Gasteiger partial charge in [-0.2, -0.15) is 5.10 Å². The Kier molecular flexibility index (Phi) is 10.0. The predicted octanol–water partition coefficient (Wildman–Crippen LogP) is 8.78. The zero-order chi connectivity index (χ0) is 31.2. The minimum atomic E-state index is -0.381. The molecule has 1 amide bonds. The van der Waals surface area contributed by atoms with Gasteiger partial charge in [-0.15, -0.1) is 0 Å². The fraction of sp³-hybridized carbons (Fsp3) is 0.389. The van der Waals surface area contributed by atoms with Gasteiger partial charge in [0, 0.05) is 17.7 Å². The smallest absolute Gasteiger partial charge is 0.270 e. The molecule has 4 rings (SSSR count). The molecule has 0 saturated heterocycles. The third kappa shape index (κ3) is 7.70. The van der Waals surface area contributed by atoms with E-state index >= 15 is 0 Å². The van der Waals surface area contributed by atoms with Gasteiger partial charge in [0.15, 0.2) is 0 Å². The van der Waals surface area contributed by atoms with Crippen molar-refractivity contribution in [3.05, 3.63) is 101 Å². The van der Waals surface area contributed by atoms with Crippen LogP contribution in [0, 0.1) is 11.6 Å². The fourth-order valence-electron chi connectivity index (χ4n) is 4.79. The van der Waals surface area contributed by atoms with E-state index < -0.39 is 0 Å². The summed E-state index contributed by atoms with van der Waals surface area (Å²) >= 11 is 0. The lowest BCUT2D eigenvalue weighted by atomic mass is 9.76. The number of carbonyl (C=O) groups excluding carboxylic acids is 1. The Balaban J connectivity index is 1.40. The molecule has 0 unspecified atom stereocenters. The zero-order valence-electron chi connectivity index (χ0n) is 26.1. The molecule has 1 heterocycles. The molecule has 0 atom stereocenters. The van der Waals surface area contributed by atoms with Gasteiger partial charge in [-0.1, -0.05) is 53.7 Å².